The third-order valence-corrected chi connectivity index (χ3v) is 6.78. The summed E-state index contributed by atoms with van der Waals surface area (Å²) in [6, 6.07) is 0. The van der Waals surface area contributed by atoms with Gasteiger partial charge in [0, 0.05) is 0 Å². The van der Waals surface area contributed by atoms with Crippen LogP contribution in [0.4, 0.5) is 0 Å². The molecule has 0 N–H and O–H groups in total. The van der Waals surface area contributed by atoms with Crippen LogP contribution in [0.1, 0.15) is 72.1 Å². The standard InChI is InChI=1S/C16H27/c1-15(2)13-9-10-16(15,3)14(11-13)12-7-5-4-6-8-12/h13-14H,4-11H2,1-3H3/t13-,14?,16-/m1/s1. The average Bonchev–Trinajstić information content (AvgIpc) is 2.62. The molecule has 0 heterocycles. The summed E-state index contributed by atoms with van der Waals surface area (Å²) in [6.45, 7) is 7.70. The van der Waals surface area contributed by atoms with Gasteiger partial charge < -0.3 is 0 Å². The Morgan fingerprint density at radius 1 is 1.00 bits per heavy atom. The minimum atomic E-state index is 0.613. The SMILES string of the molecule is CC1(C)[C@@H]2CC[C@]1(C)C([C]1CCCCC1)C2. The highest BCUT2D eigenvalue weighted by atomic mass is 14.7. The molecule has 3 rings (SSSR count). The third kappa shape index (κ3) is 1.28. The van der Waals surface area contributed by atoms with Crippen molar-refractivity contribution in [3.8, 4) is 0 Å². The highest BCUT2D eigenvalue weighted by Gasteiger charge is 2.62. The summed E-state index contributed by atoms with van der Waals surface area (Å²) in [5.74, 6) is 3.97. The molecule has 3 atom stereocenters. The van der Waals surface area contributed by atoms with Crippen LogP contribution in [-0.2, 0) is 0 Å². The Kier molecular flexibility index (Phi) is 2.43. The maximum atomic E-state index is 2.60. The zero-order chi connectivity index (χ0) is 11.4. The van der Waals surface area contributed by atoms with E-state index in [9.17, 15) is 0 Å². The number of rotatable bonds is 1. The van der Waals surface area contributed by atoms with Gasteiger partial charge >= 0.3 is 0 Å². The van der Waals surface area contributed by atoms with Gasteiger partial charge in [0.2, 0.25) is 0 Å². The van der Waals surface area contributed by atoms with Crippen molar-refractivity contribution < 1.29 is 0 Å². The fourth-order valence-electron chi connectivity index (χ4n) is 5.18. The Bertz CT molecular complexity index is 272. The lowest BCUT2D eigenvalue weighted by Crippen LogP contribution is -2.35. The molecule has 91 valence electrons. The van der Waals surface area contributed by atoms with Crippen LogP contribution in [0.25, 0.3) is 0 Å². The van der Waals surface area contributed by atoms with Crippen molar-refractivity contribution in [3.63, 3.8) is 0 Å². The molecule has 1 unspecified atom stereocenters. The van der Waals surface area contributed by atoms with Crippen molar-refractivity contribution in [2.45, 2.75) is 72.1 Å². The molecule has 0 aromatic heterocycles. The second-order valence-corrected chi connectivity index (χ2v) is 7.38. The van der Waals surface area contributed by atoms with Crippen LogP contribution in [-0.4, -0.2) is 0 Å². The second kappa shape index (κ2) is 3.50. The highest BCUT2D eigenvalue weighted by molar-refractivity contribution is 5.18. The molecule has 0 aliphatic heterocycles. The molecule has 0 amide bonds. The van der Waals surface area contributed by atoms with Gasteiger partial charge in [-0.15, -0.1) is 0 Å². The van der Waals surface area contributed by atoms with Crippen molar-refractivity contribution in [3.05, 3.63) is 5.92 Å². The lowest BCUT2D eigenvalue weighted by atomic mass is 9.61. The highest BCUT2D eigenvalue weighted by Crippen LogP contribution is 2.70. The summed E-state index contributed by atoms with van der Waals surface area (Å²) < 4.78 is 0. The van der Waals surface area contributed by atoms with Gasteiger partial charge in [-0.3, -0.25) is 0 Å². The van der Waals surface area contributed by atoms with E-state index in [-0.39, 0.29) is 0 Å². The summed E-state index contributed by atoms with van der Waals surface area (Å²) in [6.07, 6.45) is 11.9. The predicted octanol–water partition coefficient (Wildman–Crippen LogP) is 4.99. The monoisotopic (exact) mass is 219 g/mol. The molecular weight excluding hydrogens is 192 g/mol. The molecule has 0 nitrogen and oxygen atoms in total. The number of fused-ring (bicyclic) bond motifs is 2. The van der Waals surface area contributed by atoms with E-state index in [4.69, 9.17) is 0 Å². The first-order valence-electron chi connectivity index (χ1n) is 7.40. The Morgan fingerprint density at radius 3 is 2.19 bits per heavy atom. The summed E-state index contributed by atoms with van der Waals surface area (Å²) in [4.78, 5) is 0. The van der Waals surface area contributed by atoms with E-state index in [1.54, 1.807) is 0 Å². The van der Waals surface area contributed by atoms with E-state index in [2.05, 4.69) is 20.8 Å². The van der Waals surface area contributed by atoms with Crippen LogP contribution in [0.5, 0.6) is 0 Å². The van der Waals surface area contributed by atoms with Crippen molar-refractivity contribution in [1.82, 2.24) is 0 Å². The van der Waals surface area contributed by atoms with E-state index < -0.39 is 0 Å². The first-order valence-corrected chi connectivity index (χ1v) is 7.40. The minimum Gasteiger partial charge on any atom is -0.0591 e. The minimum absolute atomic E-state index is 0.613. The molecule has 3 fully saturated rings. The fraction of sp³-hybridized carbons (Fsp3) is 0.938. The number of hydrogen-bond donors (Lipinski definition) is 0. The van der Waals surface area contributed by atoms with Gasteiger partial charge in [0.25, 0.3) is 0 Å². The quantitative estimate of drug-likeness (QED) is 0.583. The van der Waals surface area contributed by atoms with Crippen LogP contribution >= 0.6 is 0 Å². The largest absolute Gasteiger partial charge is 0.0591 e. The fourth-order valence-corrected chi connectivity index (χ4v) is 5.18. The van der Waals surface area contributed by atoms with Gasteiger partial charge in [0.15, 0.2) is 0 Å². The first kappa shape index (κ1) is 11.1. The maximum Gasteiger partial charge on any atom is -0.0204 e. The van der Waals surface area contributed by atoms with Crippen LogP contribution in [0.3, 0.4) is 0 Å². The average molecular weight is 219 g/mol. The van der Waals surface area contributed by atoms with Gasteiger partial charge in [-0.05, 0) is 60.7 Å². The van der Waals surface area contributed by atoms with E-state index in [0.29, 0.717) is 10.8 Å². The number of hydrogen-bond acceptors (Lipinski definition) is 0. The lowest BCUT2D eigenvalue weighted by Gasteiger charge is -2.43. The Balaban J connectivity index is 1.83. The van der Waals surface area contributed by atoms with Crippen LogP contribution < -0.4 is 0 Å². The van der Waals surface area contributed by atoms with Crippen LogP contribution in [0.15, 0.2) is 0 Å². The zero-order valence-corrected chi connectivity index (χ0v) is 11.3. The summed E-state index contributed by atoms with van der Waals surface area (Å²) in [5.41, 5.74) is 1.26. The summed E-state index contributed by atoms with van der Waals surface area (Å²) >= 11 is 0. The second-order valence-electron chi connectivity index (χ2n) is 7.38. The van der Waals surface area contributed by atoms with Gasteiger partial charge in [-0.1, -0.05) is 40.0 Å². The summed E-state index contributed by atoms with van der Waals surface area (Å²) in [5, 5.41) is 0. The van der Waals surface area contributed by atoms with Gasteiger partial charge in [-0.25, -0.2) is 0 Å². The van der Waals surface area contributed by atoms with Gasteiger partial charge in [0.1, 0.15) is 0 Å². The molecule has 1 radical (unpaired) electrons. The van der Waals surface area contributed by atoms with E-state index in [0.717, 1.165) is 11.8 Å². The van der Waals surface area contributed by atoms with Crippen LogP contribution in [0, 0.1) is 28.6 Å². The molecule has 3 aliphatic carbocycles. The molecule has 2 bridgehead atoms. The van der Waals surface area contributed by atoms with Gasteiger partial charge in [0.05, 0.1) is 0 Å². The molecule has 0 heteroatoms. The van der Waals surface area contributed by atoms with Crippen molar-refractivity contribution >= 4 is 0 Å². The molecule has 0 aromatic rings. The lowest BCUT2D eigenvalue weighted by molar-refractivity contribution is 0.101. The Morgan fingerprint density at radius 2 is 1.69 bits per heavy atom. The summed E-state index contributed by atoms with van der Waals surface area (Å²) in [7, 11) is 0. The maximum absolute atomic E-state index is 2.60. The topological polar surface area (TPSA) is 0 Å². The molecule has 0 saturated heterocycles. The molecular formula is C16H27. The van der Waals surface area contributed by atoms with Gasteiger partial charge in [-0.2, -0.15) is 0 Å². The predicted molar refractivity (Wildman–Crippen MR) is 69.0 cm³/mol. The zero-order valence-electron chi connectivity index (χ0n) is 11.3. The van der Waals surface area contributed by atoms with Crippen molar-refractivity contribution in [2.24, 2.45) is 22.7 Å². The molecule has 16 heavy (non-hydrogen) atoms. The smallest absolute Gasteiger partial charge is 0.0204 e. The van der Waals surface area contributed by atoms with Crippen LogP contribution in [0.2, 0.25) is 0 Å². The van der Waals surface area contributed by atoms with Crippen molar-refractivity contribution in [1.29, 1.82) is 0 Å². The van der Waals surface area contributed by atoms with E-state index >= 15 is 0 Å². The third-order valence-electron chi connectivity index (χ3n) is 6.78. The van der Waals surface area contributed by atoms with E-state index in [1.165, 1.54) is 51.4 Å². The first-order chi connectivity index (χ1) is 7.56. The Hall–Kier alpha value is 0. The molecule has 0 spiro atoms. The molecule has 3 aliphatic rings. The molecule has 3 saturated carbocycles. The molecule has 0 aromatic carbocycles. The normalized spacial score (nSPS) is 47.4. The Labute approximate surface area is 101 Å². The van der Waals surface area contributed by atoms with Crippen molar-refractivity contribution in [2.75, 3.05) is 0 Å². The van der Waals surface area contributed by atoms with E-state index in [1.807, 2.05) is 5.92 Å².